The van der Waals surface area contributed by atoms with Gasteiger partial charge in [0.05, 0.1) is 26.7 Å². The van der Waals surface area contributed by atoms with Gasteiger partial charge in [0.15, 0.2) is 0 Å². The molecule has 1 fully saturated rings. The summed E-state index contributed by atoms with van der Waals surface area (Å²) in [6.45, 7) is 6.32. The van der Waals surface area contributed by atoms with E-state index in [9.17, 15) is 16.8 Å². The summed E-state index contributed by atoms with van der Waals surface area (Å²) in [5.41, 5.74) is 5.89. The molecule has 0 aliphatic heterocycles. The highest BCUT2D eigenvalue weighted by Gasteiger charge is 2.28. The Labute approximate surface area is 319 Å². The highest BCUT2D eigenvalue weighted by molar-refractivity contribution is 7.91. The molecule has 54 heavy (non-hydrogen) atoms. The van der Waals surface area contributed by atoms with E-state index in [1.165, 1.54) is 11.1 Å². The maximum Gasteiger partial charge on any atom is 0.206 e. The molecule has 1 aliphatic rings. The first-order chi connectivity index (χ1) is 25.9. The van der Waals surface area contributed by atoms with Gasteiger partial charge in [-0.05, 0) is 145 Å². The summed E-state index contributed by atoms with van der Waals surface area (Å²) in [4.78, 5) is 0.876. The van der Waals surface area contributed by atoms with E-state index in [-0.39, 0.29) is 30.9 Å². The van der Waals surface area contributed by atoms with Crippen LogP contribution in [0.1, 0.15) is 67.7 Å². The van der Waals surface area contributed by atoms with E-state index < -0.39 is 19.7 Å². The summed E-state index contributed by atoms with van der Waals surface area (Å²) >= 11 is 0. The molecule has 6 nitrogen and oxygen atoms in total. The van der Waals surface area contributed by atoms with Gasteiger partial charge in [0, 0.05) is 5.41 Å². The summed E-state index contributed by atoms with van der Waals surface area (Å²) in [7, 11) is -5.82. The van der Waals surface area contributed by atoms with E-state index >= 15 is 0 Å². The van der Waals surface area contributed by atoms with E-state index in [1.807, 2.05) is 49.4 Å². The number of hydrogen-bond acceptors (Lipinski definition) is 6. The first-order valence-corrected chi connectivity index (χ1v) is 21.2. The first-order valence-electron chi connectivity index (χ1n) is 18.3. The van der Waals surface area contributed by atoms with Crippen LogP contribution in [0.15, 0.2) is 159 Å². The van der Waals surface area contributed by atoms with Crippen LogP contribution in [-0.4, -0.2) is 23.9 Å². The van der Waals surface area contributed by atoms with Crippen molar-refractivity contribution in [3.8, 4) is 28.4 Å². The number of hydrogen-bond donors (Lipinski definition) is 0. The third-order valence-corrected chi connectivity index (χ3v) is 14.5. The molecule has 6 aromatic rings. The van der Waals surface area contributed by atoms with Crippen molar-refractivity contribution in [3.05, 3.63) is 162 Å². The van der Waals surface area contributed by atoms with Gasteiger partial charge >= 0.3 is 0 Å². The maximum absolute atomic E-state index is 13.9. The van der Waals surface area contributed by atoms with Crippen molar-refractivity contribution in [1.29, 1.82) is 0 Å². The minimum absolute atomic E-state index is 0.182. The van der Waals surface area contributed by atoms with E-state index in [4.69, 9.17) is 9.47 Å². The Morgan fingerprint density at radius 2 is 1.04 bits per heavy atom. The molecule has 0 spiro atoms. The van der Waals surface area contributed by atoms with Crippen molar-refractivity contribution in [2.45, 2.75) is 77.4 Å². The van der Waals surface area contributed by atoms with Gasteiger partial charge in [0.25, 0.3) is 0 Å². The van der Waals surface area contributed by atoms with Gasteiger partial charge in [-0.15, -0.1) is 0 Å². The minimum Gasteiger partial charge on any atom is -0.497 e. The lowest BCUT2D eigenvalue weighted by atomic mass is 9.74. The minimum atomic E-state index is -3.83. The highest BCUT2D eigenvalue weighted by atomic mass is 32.2. The van der Waals surface area contributed by atoms with Crippen LogP contribution < -0.4 is 9.47 Å². The third-order valence-electron chi connectivity index (χ3n) is 11.0. The normalized spacial score (nSPS) is 14.5. The van der Waals surface area contributed by atoms with Crippen LogP contribution in [-0.2, 0) is 25.1 Å². The first kappa shape index (κ1) is 37.1. The third kappa shape index (κ3) is 7.20. The van der Waals surface area contributed by atoms with Gasteiger partial charge in [-0.3, -0.25) is 0 Å². The fraction of sp³-hybridized carbons (Fsp3) is 0.217. The highest BCUT2D eigenvalue weighted by Crippen LogP contribution is 2.43. The smallest absolute Gasteiger partial charge is 0.206 e. The van der Waals surface area contributed by atoms with Gasteiger partial charge in [-0.1, -0.05) is 80.4 Å². The van der Waals surface area contributed by atoms with E-state index in [0.29, 0.717) is 11.5 Å². The predicted octanol–water partition coefficient (Wildman–Crippen LogP) is 11.1. The maximum atomic E-state index is 13.9. The number of benzene rings is 6. The Hall–Kier alpha value is -5.18. The van der Waals surface area contributed by atoms with E-state index in [0.717, 1.165) is 53.7 Å². The summed E-state index contributed by atoms with van der Waals surface area (Å²) in [6.07, 6.45) is 3.94. The quantitative estimate of drug-likeness (QED) is 0.124. The summed E-state index contributed by atoms with van der Waals surface area (Å²) in [6, 6.07) is 41.7. The molecule has 0 amide bonds. The van der Waals surface area contributed by atoms with Crippen LogP contribution in [0.3, 0.4) is 0 Å². The number of methoxy groups -OCH3 is 1. The summed E-state index contributed by atoms with van der Waals surface area (Å²) < 4.78 is 65.9. The van der Waals surface area contributed by atoms with Crippen LogP contribution in [0.4, 0.5) is 0 Å². The molecule has 1 saturated carbocycles. The average Bonchev–Trinajstić information content (AvgIpc) is 3.17. The van der Waals surface area contributed by atoms with Gasteiger partial charge in [0.1, 0.15) is 17.2 Å². The molecule has 1 aliphatic carbocycles. The molecule has 276 valence electrons. The number of aryl methyl sites for hydroxylation is 1. The Morgan fingerprint density at radius 1 is 0.593 bits per heavy atom. The predicted molar refractivity (Wildman–Crippen MR) is 213 cm³/mol. The molecule has 0 radical (unpaired) electrons. The summed E-state index contributed by atoms with van der Waals surface area (Å²) in [5.74, 6) is 2.25. The fourth-order valence-corrected chi connectivity index (χ4v) is 9.64. The lowest BCUT2D eigenvalue weighted by Crippen LogP contribution is -2.22. The van der Waals surface area contributed by atoms with Gasteiger partial charge in [-0.25, -0.2) is 16.8 Å². The van der Waals surface area contributed by atoms with Gasteiger partial charge in [-0.2, -0.15) is 0 Å². The zero-order valence-corrected chi connectivity index (χ0v) is 32.6. The number of ether oxygens (including phenoxy) is 2. The standard InChI is InChI=1S/C46H44O6S2/c1-5-46(3,35-13-17-37(51-4)18-14-35)36-15-19-38(20-16-36)52-39-21-27-42(28-22-39)54(49,50)43-29-30-44(45(31-43)33-7-6-8-33)34-11-25-41(26-12-34)53(47,48)40-23-9-32(2)10-24-40/h9-31,33H,5-8H2,1-4H3. The monoisotopic (exact) mass is 756 g/mol. The van der Waals surface area contributed by atoms with Crippen LogP contribution >= 0.6 is 0 Å². The van der Waals surface area contributed by atoms with Crippen molar-refractivity contribution in [3.63, 3.8) is 0 Å². The SMILES string of the molecule is CCC(C)(c1ccc(OC)cc1)c1ccc(Oc2ccc(S(=O)(=O)c3ccc(-c4ccc(S(=O)(=O)c5ccc(C)cc5)cc4)c(C4CCC4)c3)cc2)cc1. The van der Waals surface area contributed by atoms with Crippen molar-refractivity contribution >= 4 is 19.7 Å². The van der Waals surface area contributed by atoms with E-state index in [1.54, 1.807) is 79.9 Å². The van der Waals surface area contributed by atoms with Crippen molar-refractivity contribution < 1.29 is 26.3 Å². The fourth-order valence-electron chi connectivity index (χ4n) is 7.08. The second kappa shape index (κ2) is 14.9. The lowest BCUT2D eigenvalue weighted by molar-refractivity contribution is 0.414. The molecule has 0 saturated heterocycles. The second-order valence-corrected chi connectivity index (χ2v) is 18.1. The van der Waals surface area contributed by atoms with Crippen LogP contribution in [0.5, 0.6) is 17.2 Å². The molecule has 1 atom stereocenters. The Morgan fingerprint density at radius 3 is 1.52 bits per heavy atom. The van der Waals surface area contributed by atoms with Gasteiger partial charge in [0.2, 0.25) is 19.7 Å². The topological polar surface area (TPSA) is 86.7 Å². The molecule has 8 heteroatoms. The number of sulfone groups is 2. The molecular weight excluding hydrogens is 713 g/mol. The van der Waals surface area contributed by atoms with Crippen LogP contribution in [0, 0.1) is 6.92 Å². The molecule has 0 aromatic heterocycles. The molecule has 0 heterocycles. The Balaban J connectivity index is 1.09. The van der Waals surface area contributed by atoms with Crippen molar-refractivity contribution in [2.24, 2.45) is 0 Å². The van der Waals surface area contributed by atoms with E-state index in [2.05, 4.69) is 38.1 Å². The van der Waals surface area contributed by atoms with Crippen molar-refractivity contribution in [1.82, 2.24) is 0 Å². The zero-order chi connectivity index (χ0) is 38.1. The summed E-state index contributed by atoms with van der Waals surface area (Å²) in [5, 5.41) is 0. The molecule has 0 bridgehead atoms. The second-order valence-electron chi connectivity index (χ2n) is 14.2. The largest absolute Gasteiger partial charge is 0.497 e. The van der Waals surface area contributed by atoms with Crippen LogP contribution in [0.2, 0.25) is 0 Å². The average molecular weight is 757 g/mol. The Kier molecular flexibility index (Phi) is 10.3. The molecule has 0 N–H and O–H groups in total. The zero-order valence-electron chi connectivity index (χ0n) is 31.0. The van der Waals surface area contributed by atoms with Crippen LogP contribution in [0.25, 0.3) is 11.1 Å². The number of rotatable bonds is 12. The molecular formula is C46H44O6S2. The molecule has 7 rings (SSSR count). The van der Waals surface area contributed by atoms with Crippen molar-refractivity contribution in [2.75, 3.05) is 7.11 Å². The van der Waals surface area contributed by atoms with Gasteiger partial charge < -0.3 is 9.47 Å². The Bertz CT molecular complexity index is 2470. The molecule has 1 unspecified atom stereocenters. The lowest BCUT2D eigenvalue weighted by Gasteiger charge is -2.30. The molecule has 6 aromatic carbocycles.